The molecule has 3 aromatic heterocycles. The predicted molar refractivity (Wildman–Crippen MR) is 122 cm³/mol. The van der Waals surface area contributed by atoms with Crippen molar-refractivity contribution in [2.75, 3.05) is 5.32 Å². The molecule has 0 aliphatic carbocycles. The van der Waals surface area contributed by atoms with Crippen LogP contribution in [0.1, 0.15) is 21.6 Å². The number of fused-ring (bicyclic) bond motifs is 2. The van der Waals surface area contributed by atoms with Gasteiger partial charge in [-0.3, -0.25) is 14.0 Å². The molecule has 0 fully saturated rings. The van der Waals surface area contributed by atoms with Gasteiger partial charge in [-0.05, 0) is 42.0 Å². The van der Waals surface area contributed by atoms with E-state index >= 15 is 0 Å². The highest BCUT2D eigenvalue weighted by Crippen LogP contribution is 2.31. The summed E-state index contributed by atoms with van der Waals surface area (Å²) in [6, 6.07) is 20.2. The van der Waals surface area contributed by atoms with Gasteiger partial charge < -0.3 is 9.88 Å². The van der Waals surface area contributed by atoms with Crippen molar-refractivity contribution in [3.8, 4) is 0 Å². The Kier molecular flexibility index (Phi) is 5.16. The van der Waals surface area contributed by atoms with Gasteiger partial charge in [0.15, 0.2) is 0 Å². The van der Waals surface area contributed by atoms with E-state index in [1.165, 1.54) is 22.6 Å². The number of amides is 1. The highest BCUT2D eigenvalue weighted by Gasteiger charge is 2.30. The highest BCUT2D eigenvalue weighted by molar-refractivity contribution is 6.06. The zero-order valence-electron chi connectivity index (χ0n) is 17.6. The Balaban J connectivity index is 1.64. The van der Waals surface area contributed by atoms with Crippen LogP contribution >= 0.6 is 0 Å². The molecule has 0 saturated carbocycles. The standard InChI is InChI=1S/C25H17F3N4O2/c26-25(27,28)17-9-6-10-18(13-17)29-23(33)20-14-19-22(32(20)15-16-7-2-1-3-8-16)30-21-11-4-5-12-31(21)24(19)34/h1-14H,15H2,(H,29,33). The fourth-order valence-electron chi connectivity index (χ4n) is 3.83. The van der Waals surface area contributed by atoms with E-state index < -0.39 is 17.6 Å². The summed E-state index contributed by atoms with van der Waals surface area (Å²) in [6.45, 7) is 0.241. The number of anilines is 1. The average molecular weight is 462 g/mol. The summed E-state index contributed by atoms with van der Waals surface area (Å²) in [4.78, 5) is 30.9. The van der Waals surface area contributed by atoms with Gasteiger partial charge in [0, 0.05) is 18.4 Å². The van der Waals surface area contributed by atoms with Gasteiger partial charge in [0.25, 0.3) is 11.5 Å². The maximum atomic E-state index is 13.2. The van der Waals surface area contributed by atoms with Crippen molar-refractivity contribution in [1.29, 1.82) is 0 Å². The van der Waals surface area contributed by atoms with Gasteiger partial charge in [0.2, 0.25) is 0 Å². The molecule has 5 rings (SSSR count). The molecule has 3 heterocycles. The number of pyridine rings is 1. The second-order valence-electron chi connectivity index (χ2n) is 7.72. The summed E-state index contributed by atoms with van der Waals surface area (Å²) in [5, 5.41) is 2.75. The zero-order valence-corrected chi connectivity index (χ0v) is 17.6. The molecule has 0 bridgehead atoms. The molecule has 0 atom stereocenters. The van der Waals surface area contributed by atoms with Gasteiger partial charge in [-0.25, -0.2) is 4.98 Å². The largest absolute Gasteiger partial charge is 0.416 e. The van der Waals surface area contributed by atoms with Crippen LogP contribution in [0.25, 0.3) is 16.7 Å². The first-order valence-corrected chi connectivity index (χ1v) is 10.3. The smallest absolute Gasteiger partial charge is 0.321 e. The lowest BCUT2D eigenvalue weighted by molar-refractivity contribution is -0.137. The summed E-state index contributed by atoms with van der Waals surface area (Å²) in [5.41, 5.74) is 0.472. The fourth-order valence-corrected chi connectivity index (χ4v) is 3.83. The Morgan fingerprint density at radius 1 is 0.941 bits per heavy atom. The number of aromatic nitrogens is 3. The van der Waals surface area contributed by atoms with Crippen LogP contribution in [0, 0.1) is 0 Å². The molecule has 6 nitrogen and oxygen atoms in total. The molecule has 0 radical (unpaired) electrons. The van der Waals surface area contributed by atoms with Crippen LogP contribution in [0.3, 0.4) is 0 Å². The number of carbonyl (C=O) groups excluding carboxylic acids is 1. The summed E-state index contributed by atoms with van der Waals surface area (Å²) < 4.78 is 42.3. The van der Waals surface area contributed by atoms with E-state index in [1.54, 1.807) is 29.0 Å². The molecule has 0 aliphatic heterocycles. The number of nitrogens with one attached hydrogen (secondary N) is 1. The van der Waals surface area contributed by atoms with Gasteiger partial charge in [-0.2, -0.15) is 13.2 Å². The van der Waals surface area contributed by atoms with Crippen LogP contribution < -0.4 is 10.9 Å². The summed E-state index contributed by atoms with van der Waals surface area (Å²) in [5.74, 6) is -0.651. The Labute approximate surface area is 190 Å². The first kappa shape index (κ1) is 21.4. The van der Waals surface area contributed by atoms with Crippen LogP contribution in [-0.2, 0) is 12.7 Å². The summed E-state index contributed by atoms with van der Waals surface area (Å²) in [7, 11) is 0. The van der Waals surface area contributed by atoms with Gasteiger partial charge >= 0.3 is 6.18 Å². The van der Waals surface area contributed by atoms with Crippen LogP contribution in [0.5, 0.6) is 0 Å². The van der Waals surface area contributed by atoms with Gasteiger partial charge in [0.05, 0.1) is 10.9 Å². The van der Waals surface area contributed by atoms with E-state index in [0.717, 1.165) is 17.7 Å². The van der Waals surface area contributed by atoms with E-state index in [1.807, 2.05) is 30.3 Å². The summed E-state index contributed by atoms with van der Waals surface area (Å²) >= 11 is 0. The first-order valence-electron chi connectivity index (χ1n) is 10.3. The van der Waals surface area contributed by atoms with Gasteiger partial charge in [-0.15, -0.1) is 0 Å². The number of carbonyl (C=O) groups is 1. The molecular formula is C25H17F3N4O2. The van der Waals surface area contributed by atoms with Crippen molar-refractivity contribution in [3.63, 3.8) is 0 Å². The van der Waals surface area contributed by atoms with Crippen molar-refractivity contribution in [1.82, 2.24) is 14.0 Å². The maximum Gasteiger partial charge on any atom is 0.416 e. The van der Waals surface area contributed by atoms with Crippen molar-refractivity contribution in [2.45, 2.75) is 12.7 Å². The lowest BCUT2D eigenvalue weighted by Crippen LogP contribution is -2.18. The van der Waals surface area contributed by atoms with Crippen molar-refractivity contribution in [3.05, 3.63) is 112 Å². The minimum Gasteiger partial charge on any atom is -0.321 e. The number of hydrogen-bond acceptors (Lipinski definition) is 3. The minimum absolute atomic E-state index is 0.00816. The van der Waals surface area contributed by atoms with Crippen LogP contribution in [0.4, 0.5) is 18.9 Å². The molecule has 1 N–H and O–H groups in total. The molecule has 0 spiro atoms. The Bertz CT molecular complexity index is 1590. The Hall–Kier alpha value is -4.40. The quantitative estimate of drug-likeness (QED) is 0.410. The molecule has 2 aromatic carbocycles. The minimum atomic E-state index is -4.54. The van der Waals surface area contributed by atoms with Crippen molar-refractivity contribution in [2.24, 2.45) is 0 Å². The number of nitrogens with zero attached hydrogens (tertiary/aromatic N) is 3. The fraction of sp³-hybridized carbons (Fsp3) is 0.0800. The van der Waals surface area contributed by atoms with Crippen molar-refractivity contribution >= 4 is 28.3 Å². The number of hydrogen-bond donors (Lipinski definition) is 1. The average Bonchev–Trinajstić information content (AvgIpc) is 3.18. The molecule has 0 aliphatic rings. The van der Waals surface area contributed by atoms with E-state index in [4.69, 9.17) is 0 Å². The topological polar surface area (TPSA) is 68.4 Å². The molecule has 34 heavy (non-hydrogen) atoms. The molecule has 0 unspecified atom stereocenters. The molecule has 1 amide bonds. The SMILES string of the molecule is O=C(Nc1cccc(C(F)(F)F)c1)c1cc2c(=O)n3ccccc3nc2n1Cc1ccccc1. The number of benzene rings is 2. The normalized spacial score (nSPS) is 11.7. The molecule has 5 aromatic rings. The van der Waals surface area contributed by atoms with Crippen LogP contribution in [-0.4, -0.2) is 19.9 Å². The van der Waals surface area contributed by atoms with Crippen molar-refractivity contribution < 1.29 is 18.0 Å². The van der Waals surface area contributed by atoms with E-state index in [9.17, 15) is 22.8 Å². The van der Waals surface area contributed by atoms with Crippen LogP contribution in [0.15, 0.2) is 89.9 Å². The second-order valence-corrected chi connectivity index (χ2v) is 7.72. The third-order valence-electron chi connectivity index (χ3n) is 5.44. The van der Waals surface area contributed by atoms with E-state index in [-0.39, 0.29) is 28.9 Å². The first-order chi connectivity index (χ1) is 16.3. The third kappa shape index (κ3) is 3.92. The third-order valence-corrected chi connectivity index (χ3v) is 5.44. The summed E-state index contributed by atoms with van der Waals surface area (Å²) in [6.07, 6.45) is -2.96. The Morgan fingerprint density at radius 3 is 2.47 bits per heavy atom. The number of rotatable bonds is 4. The lowest BCUT2D eigenvalue weighted by atomic mass is 10.2. The van der Waals surface area contributed by atoms with E-state index in [0.29, 0.717) is 11.3 Å². The zero-order chi connectivity index (χ0) is 23.9. The lowest BCUT2D eigenvalue weighted by Gasteiger charge is -2.12. The monoisotopic (exact) mass is 462 g/mol. The highest BCUT2D eigenvalue weighted by atomic mass is 19.4. The number of alkyl halides is 3. The van der Waals surface area contributed by atoms with Crippen LogP contribution in [0.2, 0.25) is 0 Å². The second kappa shape index (κ2) is 8.18. The molecule has 9 heteroatoms. The number of halogens is 3. The van der Waals surface area contributed by atoms with E-state index in [2.05, 4.69) is 10.3 Å². The maximum absolute atomic E-state index is 13.2. The molecular weight excluding hydrogens is 445 g/mol. The Morgan fingerprint density at radius 2 is 1.71 bits per heavy atom. The van der Waals surface area contributed by atoms with Gasteiger partial charge in [0.1, 0.15) is 17.0 Å². The molecule has 0 saturated heterocycles. The molecule has 170 valence electrons. The van der Waals surface area contributed by atoms with Gasteiger partial charge in [-0.1, -0.05) is 42.5 Å². The predicted octanol–water partition coefficient (Wildman–Crippen LogP) is 4.97.